The van der Waals surface area contributed by atoms with Gasteiger partial charge in [0.1, 0.15) is 0 Å². The summed E-state index contributed by atoms with van der Waals surface area (Å²) in [6, 6.07) is 12.4. The molecule has 0 aliphatic heterocycles. The maximum Gasteiger partial charge on any atom is 0.0903 e. The number of rotatable bonds is 8. The average molecular weight is 390 g/mol. The number of nitrogens with one attached hydrogen (secondary N) is 1. The zero-order valence-electron chi connectivity index (χ0n) is 16.8. The van der Waals surface area contributed by atoms with Gasteiger partial charge in [-0.05, 0) is 55.7 Å². The topological polar surface area (TPSA) is 37.8 Å². The zero-order chi connectivity index (χ0) is 19.9. The largest absolute Gasteiger partial charge is 0.385 e. The fraction of sp³-hybridized carbons (Fsp3) is 0.250. The molecule has 0 aliphatic carbocycles. The molecule has 0 unspecified atom stereocenters. The molecule has 4 heteroatoms. The van der Waals surface area contributed by atoms with Gasteiger partial charge in [0.15, 0.2) is 0 Å². The Bertz CT molecular complexity index is 971. The number of allylic oxidation sites excluding steroid dienone is 2. The minimum absolute atomic E-state index is 0.927. The van der Waals surface area contributed by atoms with Crippen molar-refractivity contribution in [2.45, 2.75) is 33.6 Å². The molecule has 0 saturated heterocycles. The molecule has 0 spiro atoms. The number of unbranched alkanes of at least 4 members (excludes halogenated alkanes) is 1. The summed E-state index contributed by atoms with van der Waals surface area (Å²) in [6.45, 7) is 11.6. The third-order valence-corrected chi connectivity index (χ3v) is 5.64. The van der Waals surface area contributed by atoms with Crippen LogP contribution in [0.4, 0.5) is 5.69 Å². The van der Waals surface area contributed by atoms with Crippen LogP contribution in [0.1, 0.15) is 41.7 Å². The first-order chi connectivity index (χ1) is 13.6. The minimum Gasteiger partial charge on any atom is -0.385 e. The molecule has 3 nitrogen and oxygen atoms in total. The molecule has 3 aromatic rings. The van der Waals surface area contributed by atoms with Crippen molar-refractivity contribution in [3.8, 4) is 10.4 Å². The molecular weight excluding hydrogens is 362 g/mol. The van der Waals surface area contributed by atoms with Gasteiger partial charge >= 0.3 is 0 Å². The normalized spacial score (nSPS) is 11.1. The lowest BCUT2D eigenvalue weighted by Crippen LogP contribution is -2.03. The number of pyridine rings is 1. The van der Waals surface area contributed by atoms with Gasteiger partial charge in [0.05, 0.1) is 21.3 Å². The van der Waals surface area contributed by atoms with Crippen LogP contribution in [0.15, 0.2) is 55.3 Å². The van der Waals surface area contributed by atoms with Crippen molar-refractivity contribution < 1.29 is 0 Å². The van der Waals surface area contributed by atoms with E-state index in [4.69, 9.17) is 0 Å². The molecule has 0 amide bonds. The summed E-state index contributed by atoms with van der Waals surface area (Å²) in [5.74, 6) is 0. The molecule has 144 valence electrons. The number of aromatic nitrogens is 2. The highest BCUT2D eigenvalue weighted by Crippen LogP contribution is 2.34. The number of benzene rings is 1. The number of hydrogen-bond donors (Lipinski definition) is 1. The van der Waals surface area contributed by atoms with Crippen molar-refractivity contribution >= 4 is 28.7 Å². The van der Waals surface area contributed by atoms with Crippen LogP contribution in [0.25, 0.3) is 22.1 Å². The van der Waals surface area contributed by atoms with Crippen LogP contribution < -0.4 is 5.32 Å². The first-order valence-electron chi connectivity index (χ1n) is 9.69. The van der Waals surface area contributed by atoms with E-state index in [-0.39, 0.29) is 0 Å². The number of anilines is 1. The molecule has 0 saturated carbocycles. The Morgan fingerprint density at radius 3 is 2.75 bits per heavy atom. The second-order valence-electron chi connectivity index (χ2n) is 6.80. The molecule has 2 aromatic heterocycles. The Balaban J connectivity index is 1.91. The third kappa shape index (κ3) is 4.96. The van der Waals surface area contributed by atoms with Crippen molar-refractivity contribution in [3.63, 3.8) is 0 Å². The molecule has 3 rings (SSSR count). The van der Waals surface area contributed by atoms with Gasteiger partial charge in [-0.15, -0.1) is 11.3 Å². The van der Waals surface area contributed by atoms with Crippen LogP contribution in [-0.4, -0.2) is 16.5 Å². The van der Waals surface area contributed by atoms with Crippen LogP contribution >= 0.6 is 11.3 Å². The Hall–Kier alpha value is -2.72. The lowest BCUT2D eigenvalue weighted by atomic mass is 10.0. The van der Waals surface area contributed by atoms with Gasteiger partial charge in [-0.1, -0.05) is 44.2 Å². The molecule has 0 fully saturated rings. The van der Waals surface area contributed by atoms with E-state index < -0.39 is 0 Å². The smallest absolute Gasteiger partial charge is 0.0903 e. The highest BCUT2D eigenvalue weighted by molar-refractivity contribution is 7.15. The summed E-state index contributed by atoms with van der Waals surface area (Å²) in [4.78, 5) is 10.2. The molecule has 28 heavy (non-hydrogen) atoms. The van der Waals surface area contributed by atoms with Crippen molar-refractivity contribution in [2.24, 2.45) is 0 Å². The quantitative estimate of drug-likeness (QED) is 0.341. The van der Waals surface area contributed by atoms with Crippen LogP contribution in [0.5, 0.6) is 0 Å². The van der Waals surface area contributed by atoms with E-state index in [9.17, 15) is 0 Å². The van der Waals surface area contributed by atoms with Gasteiger partial charge < -0.3 is 5.32 Å². The van der Waals surface area contributed by atoms with Gasteiger partial charge in [0, 0.05) is 24.0 Å². The van der Waals surface area contributed by atoms with E-state index >= 15 is 0 Å². The van der Waals surface area contributed by atoms with E-state index in [1.54, 1.807) is 17.5 Å². The Morgan fingerprint density at radius 2 is 2.07 bits per heavy atom. The minimum atomic E-state index is 0.927. The van der Waals surface area contributed by atoms with Crippen molar-refractivity contribution in [1.82, 2.24) is 9.97 Å². The fourth-order valence-electron chi connectivity index (χ4n) is 3.06. The van der Waals surface area contributed by atoms with Crippen LogP contribution in [-0.2, 0) is 0 Å². The average Bonchev–Trinajstić information content (AvgIpc) is 3.05. The molecule has 0 aliphatic rings. The molecule has 1 N–H and O–H groups in total. The molecule has 0 bridgehead atoms. The number of nitrogens with zero attached hydrogens (tertiary/aromatic N) is 2. The lowest BCUT2D eigenvalue weighted by Gasteiger charge is -2.14. The maximum absolute atomic E-state index is 4.58. The summed E-state index contributed by atoms with van der Waals surface area (Å²) in [7, 11) is 0. The second kappa shape index (κ2) is 9.47. The van der Waals surface area contributed by atoms with Gasteiger partial charge in [0.25, 0.3) is 0 Å². The molecule has 0 atom stereocenters. The predicted molar refractivity (Wildman–Crippen MR) is 123 cm³/mol. The van der Waals surface area contributed by atoms with Gasteiger partial charge in [0.2, 0.25) is 0 Å². The molecule has 2 heterocycles. The Morgan fingerprint density at radius 1 is 1.21 bits per heavy atom. The first-order valence-corrected chi connectivity index (χ1v) is 10.5. The van der Waals surface area contributed by atoms with Crippen LogP contribution in [0.2, 0.25) is 0 Å². The van der Waals surface area contributed by atoms with E-state index in [0.717, 1.165) is 52.6 Å². The van der Waals surface area contributed by atoms with Crippen molar-refractivity contribution in [3.05, 3.63) is 77.2 Å². The van der Waals surface area contributed by atoms with Gasteiger partial charge in [-0.25, -0.2) is 4.98 Å². The molecule has 1 aromatic carbocycles. The number of thiazole rings is 1. The summed E-state index contributed by atoms with van der Waals surface area (Å²) in [6.07, 6.45) is 8.13. The van der Waals surface area contributed by atoms with E-state index in [1.165, 1.54) is 10.4 Å². The lowest BCUT2D eigenvalue weighted by molar-refractivity contribution is 0.834. The Labute approximate surface area is 171 Å². The van der Waals surface area contributed by atoms with E-state index in [1.807, 2.05) is 30.4 Å². The van der Waals surface area contributed by atoms with E-state index in [2.05, 4.69) is 60.8 Å². The van der Waals surface area contributed by atoms with E-state index in [0.29, 0.717) is 0 Å². The van der Waals surface area contributed by atoms with Crippen LogP contribution in [0, 0.1) is 13.8 Å². The van der Waals surface area contributed by atoms with Crippen molar-refractivity contribution in [1.29, 1.82) is 0 Å². The predicted octanol–water partition coefficient (Wildman–Crippen LogP) is 6.76. The van der Waals surface area contributed by atoms with Gasteiger partial charge in [-0.3, -0.25) is 4.98 Å². The SMILES string of the molecule is C=C(/C=C/c1ccccn1)c1ccc(-c2sc(C)nc2C)cc1NCCCC. The van der Waals surface area contributed by atoms with Crippen LogP contribution in [0.3, 0.4) is 0 Å². The summed E-state index contributed by atoms with van der Waals surface area (Å²) >= 11 is 1.74. The second-order valence-corrected chi connectivity index (χ2v) is 8.00. The molecule has 0 radical (unpaired) electrons. The first kappa shape index (κ1) is 20.0. The number of hydrogen-bond acceptors (Lipinski definition) is 4. The zero-order valence-corrected chi connectivity index (χ0v) is 17.6. The fourth-order valence-corrected chi connectivity index (χ4v) is 3.98. The van der Waals surface area contributed by atoms with Crippen molar-refractivity contribution in [2.75, 3.05) is 11.9 Å². The maximum atomic E-state index is 4.58. The summed E-state index contributed by atoms with van der Waals surface area (Å²) in [5.41, 5.74) is 6.42. The number of aryl methyl sites for hydroxylation is 2. The summed E-state index contributed by atoms with van der Waals surface area (Å²) in [5, 5.41) is 4.70. The Kier molecular flexibility index (Phi) is 6.77. The molecular formula is C24H27N3S. The summed E-state index contributed by atoms with van der Waals surface area (Å²) < 4.78 is 0. The highest BCUT2D eigenvalue weighted by atomic mass is 32.1. The third-order valence-electron chi connectivity index (χ3n) is 4.52. The standard InChI is InChI=1S/C24H27N3S/c1-5-6-14-26-23-16-20(24-18(3)27-19(4)28-24)11-13-22(23)17(2)10-12-21-9-7-8-15-25-21/h7-13,15-16,26H,2,5-6,14H2,1,3-4H3/b12-10+. The monoisotopic (exact) mass is 389 g/mol. The highest BCUT2D eigenvalue weighted by Gasteiger charge is 2.11. The van der Waals surface area contributed by atoms with Gasteiger partial charge in [-0.2, -0.15) is 0 Å².